The van der Waals surface area contributed by atoms with Crippen molar-refractivity contribution in [2.75, 3.05) is 0 Å². The molecule has 5 heteroatoms. The van der Waals surface area contributed by atoms with Crippen molar-refractivity contribution >= 4 is 25.2 Å². The third-order valence-electron chi connectivity index (χ3n) is 3.75. The van der Waals surface area contributed by atoms with Gasteiger partial charge in [0.2, 0.25) is 0 Å². The zero-order valence-electron chi connectivity index (χ0n) is 13.5. The highest BCUT2D eigenvalue weighted by molar-refractivity contribution is 7.67. The highest BCUT2D eigenvalue weighted by Gasteiger charge is 2.10. The second-order valence-corrected chi connectivity index (χ2v) is 7.13. The number of rotatable bonds is 6. The van der Waals surface area contributed by atoms with Crippen LogP contribution >= 0.6 is 8.15 Å². The minimum absolute atomic E-state index is 0.616. The van der Waals surface area contributed by atoms with Crippen LogP contribution in [0.4, 0.5) is 0 Å². The van der Waals surface area contributed by atoms with Crippen LogP contribution < -0.4 is 15.3 Å². The van der Waals surface area contributed by atoms with E-state index < -0.39 is 8.15 Å². The monoisotopic (exact) mass is 348 g/mol. The fourth-order valence-electron chi connectivity index (χ4n) is 2.48. The predicted molar refractivity (Wildman–Crippen MR) is 101 cm³/mol. The topological polar surface area (TPSA) is 65.9 Å². The summed E-state index contributed by atoms with van der Waals surface area (Å²) in [6.07, 6.45) is 1.77. The van der Waals surface area contributed by atoms with Gasteiger partial charge in [0.15, 0.2) is 0 Å². The van der Waals surface area contributed by atoms with E-state index in [-0.39, 0.29) is 0 Å². The van der Waals surface area contributed by atoms with E-state index in [0.717, 1.165) is 29.0 Å². The standard InChI is InChI=1S/C20H17N2O2P/c21-22-15-24-18-10-6-16(7-11-18)14-17-8-12-20(13-9-17)25(23)19-4-2-1-3-5-19/h1-13,15,23H,14H2. The molecule has 0 spiro atoms. The van der Waals surface area contributed by atoms with Gasteiger partial charge in [-0.15, -0.1) is 4.79 Å². The molecule has 0 saturated carbocycles. The van der Waals surface area contributed by atoms with Gasteiger partial charge in [0.1, 0.15) is 5.75 Å². The van der Waals surface area contributed by atoms with Crippen molar-refractivity contribution in [1.29, 1.82) is 0 Å². The van der Waals surface area contributed by atoms with Crippen LogP contribution in [0.3, 0.4) is 0 Å². The second-order valence-electron chi connectivity index (χ2n) is 5.47. The summed E-state index contributed by atoms with van der Waals surface area (Å²) < 4.78 is 5.08. The molecular formula is C20H17N2O2P. The first-order chi connectivity index (χ1) is 12.3. The lowest BCUT2D eigenvalue weighted by Gasteiger charge is -2.11. The van der Waals surface area contributed by atoms with Crippen LogP contribution in [0.2, 0.25) is 0 Å². The van der Waals surface area contributed by atoms with Crippen molar-refractivity contribution in [2.45, 2.75) is 6.42 Å². The van der Waals surface area contributed by atoms with E-state index in [1.54, 1.807) is 0 Å². The van der Waals surface area contributed by atoms with E-state index in [4.69, 9.17) is 10.3 Å². The Labute approximate surface area is 147 Å². The fourth-order valence-corrected chi connectivity index (χ4v) is 3.66. The number of hydrogen-bond acceptors (Lipinski definition) is 2. The Balaban J connectivity index is 1.67. The summed E-state index contributed by atoms with van der Waals surface area (Å²) in [5.41, 5.74) is 10.7. The molecule has 1 unspecified atom stereocenters. The maximum atomic E-state index is 10.5. The van der Waals surface area contributed by atoms with Crippen molar-refractivity contribution < 1.29 is 14.4 Å². The third kappa shape index (κ3) is 4.62. The lowest BCUT2D eigenvalue weighted by atomic mass is 10.1. The van der Waals surface area contributed by atoms with Gasteiger partial charge in [-0.25, -0.2) is 0 Å². The highest BCUT2D eigenvalue weighted by Crippen LogP contribution is 2.27. The molecule has 124 valence electrons. The fraction of sp³-hybridized carbons (Fsp3) is 0.0500. The summed E-state index contributed by atoms with van der Waals surface area (Å²) in [4.78, 5) is 13.3. The third-order valence-corrected chi connectivity index (χ3v) is 5.32. The molecule has 0 aliphatic carbocycles. The van der Waals surface area contributed by atoms with Gasteiger partial charge in [0, 0.05) is 10.6 Å². The van der Waals surface area contributed by atoms with Gasteiger partial charge in [-0.05, 0) is 29.7 Å². The Kier molecular flexibility index (Phi) is 5.71. The molecule has 0 bridgehead atoms. The molecule has 3 rings (SSSR count). The van der Waals surface area contributed by atoms with Crippen LogP contribution in [0.1, 0.15) is 11.1 Å². The summed E-state index contributed by atoms with van der Waals surface area (Å²) >= 11 is 0. The minimum Gasteiger partial charge on any atom is -0.399 e. The molecule has 0 saturated heterocycles. The van der Waals surface area contributed by atoms with E-state index in [9.17, 15) is 4.89 Å². The zero-order valence-corrected chi connectivity index (χ0v) is 14.4. The molecule has 1 atom stereocenters. The Hall–Kier alpha value is -2.77. The van der Waals surface area contributed by atoms with E-state index in [1.807, 2.05) is 78.9 Å². The Morgan fingerprint density at radius 3 is 2.00 bits per heavy atom. The molecule has 3 aromatic carbocycles. The van der Waals surface area contributed by atoms with Crippen LogP contribution in [0.5, 0.6) is 5.75 Å². The summed E-state index contributed by atoms with van der Waals surface area (Å²) in [6.45, 7) is 0. The minimum atomic E-state index is -1.30. The molecule has 0 fully saturated rings. The van der Waals surface area contributed by atoms with Gasteiger partial charge in [-0.3, -0.25) is 0 Å². The maximum absolute atomic E-state index is 10.5. The lowest BCUT2D eigenvalue weighted by molar-refractivity contribution is -0.0150. The first-order valence-corrected chi connectivity index (χ1v) is 9.10. The molecule has 0 aliphatic heterocycles. The van der Waals surface area contributed by atoms with Gasteiger partial charge in [0.05, 0.1) is 8.15 Å². The summed E-state index contributed by atoms with van der Waals surface area (Å²) in [5.74, 6) is 0.616. The Morgan fingerprint density at radius 2 is 1.40 bits per heavy atom. The van der Waals surface area contributed by atoms with Crippen LogP contribution in [-0.4, -0.2) is 16.1 Å². The van der Waals surface area contributed by atoms with Crippen LogP contribution in [0.15, 0.2) is 78.9 Å². The maximum Gasteiger partial charge on any atom is 0.443 e. The van der Waals surface area contributed by atoms with E-state index >= 15 is 0 Å². The molecular weight excluding hydrogens is 331 g/mol. The average molecular weight is 348 g/mol. The van der Waals surface area contributed by atoms with Gasteiger partial charge >= 0.3 is 6.40 Å². The quantitative estimate of drug-likeness (QED) is 0.244. The van der Waals surface area contributed by atoms with Gasteiger partial charge < -0.3 is 15.2 Å². The number of nitrogens with zero attached hydrogens (tertiary/aromatic N) is 2. The molecule has 0 amide bonds. The van der Waals surface area contributed by atoms with Crippen molar-refractivity contribution in [1.82, 2.24) is 0 Å². The average Bonchev–Trinajstić information content (AvgIpc) is 2.68. The summed E-state index contributed by atoms with van der Waals surface area (Å²) in [6, 6.07) is 25.4. The van der Waals surface area contributed by atoms with Gasteiger partial charge in [0.25, 0.3) is 0 Å². The van der Waals surface area contributed by atoms with Crippen LogP contribution in [0.25, 0.3) is 5.53 Å². The molecule has 0 radical (unpaired) electrons. The number of hydrogen-bond donors (Lipinski definition) is 1. The normalized spacial score (nSPS) is 11.4. The summed E-state index contributed by atoms with van der Waals surface area (Å²) in [7, 11) is -1.30. The number of ether oxygens (including phenoxy) is 1. The van der Waals surface area contributed by atoms with Crippen molar-refractivity contribution in [3.05, 3.63) is 95.5 Å². The van der Waals surface area contributed by atoms with Crippen LogP contribution in [0, 0.1) is 0 Å². The molecule has 0 aromatic heterocycles. The molecule has 4 nitrogen and oxygen atoms in total. The molecule has 0 aliphatic rings. The van der Waals surface area contributed by atoms with Crippen LogP contribution in [-0.2, 0) is 6.42 Å². The first kappa shape index (κ1) is 17.1. The SMILES string of the molecule is [N-]=[N+]=COc1ccc(Cc2ccc(P(O)c3ccccc3)cc2)cc1. The molecule has 3 aromatic rings. The van der Waals surface area contributed by atoms with Gasteiger partial charge in [-0.2, -0.15) is 0 Å². The first-order valence-electron chi connectivity index (χ1n) is 7.81. The smallest absolute Gasteiger partial charge is 0.399 e. The van der Waals surface area contributed by atoms with E-state index in [0.29, 0.717) is 5.75 Å². The Morgan fingerprint density at radius 1 is 0.840 bits per heavy atom. The molecule has 25 heavy (non-hydrogen) atoms. The molecule has 0 heterocycles. The zero-order chi connectivity index (χ0) is 17.5. The predicted octanol–water partition coefficient (Wildman–Crippen LogP) is 3.25. The largest absolute Gasteiger partial charge is 0.443 e. The van der Waals surface area contributed by atoms with E-state index in [2.05, 4.69) is 4.79 Å². The second kappa shape index (κ2) is 8.36. The van der Waals surface area contributed by atoms with Crippen molar-refractivity contribution in [3.63, 3.8) is 0 Å². The molecule has 1 N–H and O–H groups in total. The summed E-state index contributed by atoms with van der Waals surface area (Å²) in [5, 5.41) is 1.89. The van der Waals surface area contributed by atoms with E-state index in [1.165, 1.54) is 5.56 Å². The van der Waals surface area contributed by atoms with Crippen molar-refractivity contribution in [3.8, 4) is 5.75 Å². The van der Waals surface area contributed by atoms with Gasteiger partial charge in [-0.1, -0.05) is 66.7 Å². The lowest BCUT2D eigenvalue weighted by Crippen LogP contribution is -2.10. The number of benzene rings is 3. The Bertz CT molecular complexity index is 858. The highest BCUT2D eigenvalue weighted by atomic mass is 31.1. The van der Waals surface area contributed by atoms with Crippen molar-refractivity contribution in [2.24, 2.45) is 0 Å².